The molecule has 0 fully saturated rings. The molecule has 1 aromatic heterocycles. The summed E-state index contributed by atoms with van der Waals surface area (Å²) in [6.45, 7) is 5.84. The van der Waals surface area contributed by atoms with Crippen LogP contribution < -0.4 is 4.74 Å². The number of carboxylic acid groups (broad SMARTS) is 1. The standard InChI is InChI=1S/C19H21NO5/c1-10-5-13-7-17(25-16(13)6-11(10)2)18(21)20(4)9-14-8-15(19(22)23)12(3)24-14/h5-6,8,17H,7,9H2,1-4H3,(H,22,23). The molecule has 1 N–H and O–H groups in total. The van der Waals surface area contributed by atoms with E-state index >= 15 is 0 Å². The van der Waals surface area contributed by atoms with Crippen LogP contribution in [0.5, 0.6) is 5.75 Å². The van der Waals surface area contributed by atoms with Crippen molar-refractivity contribution in [3.05, 3.63) is 52.0 Å². The number of aryl methyl sites for hydroxylation is 3. The number of carboxylic acids is 1. The van der Waals surface area contributed by atoms with Crippen molar-refractivity contribution in [3.8, 4) is 5.75 Å². The molecule has 1 aliphatic rings. The van der Waals surface area contributed by atoms with Crippen molar-refractivity contribution in [3.63, 3.8) is 0 Å². The number of hydrogen-bond acceptors (Lipinski definition) is 4. The van der Waals surface area contributed by atoms with E-state index in [0.717, 1.165) is 16.9 Å². The third-order valence-corrected chi connectivity index (χ3v) is 4.60. The Bertz CT molecular complexity index is 821. The van der Waals surface area contributed by atoms with E-state index in [0.29, 0.717) is 17.9 Å². The van der Waals surface area contributed by atoms with Gasteiger partial charge in [-0.25, -0.2) is 4.79 Å². The molecule has 0 bridgehead atoms. The van der Waals surface area contributed by atoms with E-state index in [-0.39, 0.29) is 18.0 Å². The molecule has 0 radical (unpaired) electrons. The first-order valence-electron chi connectivity index (χ1n) is 8.10. The van der Waals surface area contributed by atoms with Gasteiger partial charge >= 0.3 is 5.97 Å². The van der Waals surface area contributed by atoms with Gasteiger partial charge < -0.3 is 19.2 Å². The van der Waals surface area contributed by atoms with Crippen LogP contribution in [0.2, 0.25) is 0 Å². The fraction of sp³-hybridized carbons (Fsp3) is 0.368. The van der Waals surface area contributed by atoms with Crippen LogP contribution in [0.25, 0.3) is 0 Å². The number of benzene rings is 1. The number of rotatable bonds is 4. The van der Waals surface area contributed by atoms with Crippen LogP contribution in [0.3, 0.4) is 0 Å². The van der Waals surface area contributed by atoms with Crippen LogP contribution in [0.15, 0.2) is 22.6 Å². The molecule has 2 aromatic rings. The third kappa shape index (κ3) is 3.24. The fourth-order valence-corrected chi connectivity index (χ4v) is 3.04. The number of fused-ring (bicyclic) bond motifs is 1. The zero-order chi connectivity index (χ0) is 18.3. The number of carbonyl (C=O) groups is 2. The molecule has 1 aliphatic heterocycles. The minimum atomic E-state index is -1.04. The monoisotopic (exact) mass is 343 g/mol. The molecule has 0 aliphatic carbocycles. The Morgan fingerprint density at radius 3 is 2.52 bits per heavy atom. The molecular formula is C19H21NO5. The van der Waals surface area contributed by atoms with Crippen molar-refractivity contribution >= 4 is 11.9 Å². The third-order valence-electron chi connectivity index (χ3n) is 4.60. The zero-order valence-electron chi connectivity index (χ0n) is 14.8. The number of amides is 1. The van der Waals surface area contributed by atoms with E-state index < -0.39 is 12.1 Å². The van der Waals surface area contributed by atoms with Gasteiger partial charge in [-0.1, -0.05) is 6.07 Å². The Kier molecular flexibility index (Phi) is 4.29. The molecule has 0 saturated heterocycles. The van der Waals surface area contributed by atoms with Crippen LogP contribution in [0.4, 0.5) is 0 Å². The lowest BCUT2D eigenvalue weighted by Gasteiger charge is -2.19. The molecule has 0 saturated carbocycles. The molecule has 2 heterocycles. The summed E-state index contributed by atoms with van der Waals surface area (Å²) in [5, 5.41) is 9.08. The van der Waals surface area contributed by atoms with Crippen LogP contribution in [-0.2, 0) is 17.8 Å². The predicted octanol–water partition coefficient (Wildman–Crippen LogP) is 2.87. The van der Waals surface area contributed by atoms with E-state index in [1.807, 2.05) is 19.9 Å². The molecule has 3 rings (SSSR count). The maximum atomic E-state index is 12.7. The first-order valence-corrected chi connectivity index (χ1v) is 8.10. The Labute approximate surface area is 146 Å². The van der Waals surface area contributed by atoms with Gasteiger partial charge in [0.05, 0.1) is 6.54 Å². The molecule has 132 valence electrons. The predicted molar refractivity (Wildman–Crippen MR) is 90.9 cm³/mol. The largest absolute Gasteiger partial charge is 0.480 e. The van der Waals surface area contributed by atoms with E-state index in [1.165, 1.54) is 16.5 Å². The van der Waals surface area contributed by atoms with Crippen molar-refractivity contribution in [2.75, 3.05) is 7.05 Å². The highest BCUT2D eigenvalue weighted by Crippen LogP contribution is 2.32. The summed E-state index contributed by atoms with van der Waals surface area (Å²) in [5.41, 5.74) is 3.46. The van der Waals surface area contributed by atoms with Crippen LogP contribution in [0.1, 0.15) is 38.6 Å². The molecule has 25 heavy (non-hydrogen) atoms. The number of furan rings is 1. The topological polar surface area (TPSA) is 80.0 Å². The molecule has 1 unspecified atom stereocenters. The minimum absolute atomic E-state index is 0.117. The lowest BCUT2D eigenvalue weighted by atomic mass is 10.0. The smallest absolute Gasteiger partial charge is 0.339 e. The van der Waals surface area contributed by atoms with E-state index in [4.69, 9.17) is 14.3 Å². The SMILES string of the molecule is Cc1cc2c(cc1C)OC(C(=O)N(C)Cc1cc(C(=O)O)c(C)o1)C2. The summed E-state index contributed by atoms with van der Waals surface area (Å²) >= 11 is 0. The first kappa shape index (κ1) is 17.1. The summed E-state index contributed by atoms with van der Waals surface area (Å²) in [4.78, 5) is 25.2. The highest BCUT2D eigenvalue weighted by molar-refractivity contribution is 5.89. The molecule has 1 amide bonds. The summed E-state index contributed by atoms with van der Waals surface area (Å²) in [7, 11) is 1.66. The second-order valence-electron chi connectivity index (χ2n) is 6.54. The van der Waals surface area contributed by atoms with Crippen molar-refractivity contribution in [2.45, 2.75) is 39.8 Å². The molecular weight excluding hydrogens is 322 g/mol. The minimum Gasteiger partial charge on any atom is -0.480 e. The van der Waals surface area contributed by atoms with Crippen molar-refractivity contribution in [1.29, 1.82) is 0 Å². The Balaban J connectivity index is 1.69. The highest BCUT2D eigenvalue weighted by Gasteiger charge is 2.32. The number of likely N-dealkylation sites (N-methyl/N-ethyl adjacent to an activating group) is 1. The summed E-state index contributed by atoms with van der Waals surface area (Å²) in [5.74, 6) is 0.336. The normalized spacial score (nSPS) is 15.6. The number of hydrogen-bond donors (Lipinski definition) is 1. The quantitative estimate of drug-likeness (QED) is 0.923. The molecule has 1 aromatic carbocycles. The summed E-state index contributed by atoms with van der Waals surface area (Å²) < 4.78 is 11.3. The van der Waals surface area contributed by atoms with Crippen molar-refractivity contribution in [1.82, 2.24) is 4.90 Å². The Morgan fingerprint density at radius 2 is 1.88 bits per heavy atom. The number of aromatic carboxylic acids is 1. The first-order chi connectivity index (χ1) is 11.8. The summed E-state index contributed by atoms with van der Waals surface area (Å²) in [6.07, 6.45) is -0.0202. The molecule has 6 heteroatoms. The Hall–Kier alpha value is -2.76. The van der Waals surface area contributed by atoms with Gasteiger partial charge in [-0.2, -0.15) is 0 Å². The van der Waals surface area contributed by atoms with Crippen molar-refractivity contribution < 1.29 is 23.8 Å². The van der Waals surface area contributed by atoms with E-state index in [2.05, 4.69) is 6.07 Å². The van der Waals surface area contributed by atoms with Gasteiger partial charge in [0.2, 0.25) is 0 Å². The second kappa shape index (κ2) is 6.27. The van der Waals surface area contributed by atoms with Gasteiger partial charge in [0.1, 0.15) is 22.8 Å². The van der Waals surface area contributed by atoms with E-state index in [1.54, 1.807) is 14.0 Å². The zero-order valence-corrected chi connectivity index (χ0v) is 14.8. The van der Waals surface area contributed by atoms with E-state index in [9.17, 15) is 9.59 Å². The highest BCUT2D eigenvalue weighted by atomic mass is 16.5. The second-order valence-corrected chi connectivity index (χ2v) is 6.54. The van der Waals surface area contributed by atoms with Crippen LogP contribution in [0, 0.1) is 20.8 Å². The van der Waals surface area contributed by atoms with Gasteiger partial charge in [-0.15, -0.1) is 0 Å². The lowest BCUT2D eigenvalue weighted by molar-refractivity contribution is -0.137. The maximum absolute atomic E-state index is 12.7. The summed E-state index contributed by atoms with van der Waals surface area (Å²) in [6, 6.07) is 5.48. The van der Waals surface area contributed by atoms with Gasteiger partial charge in [0, 0.05) is 13.5 Å². The van der Waals surface area contributed by atoms with Crippen molar-refractivity contribution in [2.24, 2.45) is 0 Å². The number of carbonyl (C=O) groups excluding carboxylic acids is 1. The van der Waals surface area contributed by atoms with Gasteiger partial charge in [0.25, 0.3) is 5.91 Å². The average Bonchev–Trinajstić information content (AvgIpc) is 3.10. The molecule has 0 spiro atoms. The Morgan fingerprint density at radius 1 is 1.20 bits per heavy atom. The molecule has 1 atom stereocenters. The number of ether oxygens (including phenoxy) is 1. The van der Waals surface area contributed by atoms with Crippen LogP contribution in [-0.4, -0.2) is 35.0 Å². The lowest BCUT2D eigenvalue weighted by Crippen LogP contribution is -2.38. The number of nitrogens with zero attached hydrogens (tertiary/aromatic N) is 1. The maximum Gasteiger partial charge on any atom is 0.339 e. The van der Waals surface area contributed by atoms with Crippen LogP contribution >= 0.6 is 0 Å². The van der Waals surface area contributed by atoms with Gasteiger partial charge in [0.15, 0.2) is 6.10 Å². The van der Waals surface area contributed by atoms with Gasteiger partial charge in [-0.3, -0.25) is 4.79 Å². The van der Waals surface area contributed by atoms with Gasteiger partial charge in [-0.05, 0) is 49.6 Å². The molecule has 6 nitrogen and oxygen atoms in total. The average molecular weight is 343 g/mol. The fourth-order valence-electron chi connectivity index (χ4n) is 3.04.